The molecule has 0 aliphatic carbocycles. The minimum atomic E-state index is -0.0105. The topological polar surface area (TPSA) is 34.4 Å². The first kappa shape index (κ1) is 15.7. The molecule has 0 saturated carbocycles. The van der Waals surface area contributed by atoms with E-state index in [2.05, 4.69) is 30.3 Å². The molecule has 0 spiro atoms. The summed E-state index contributed by atoms with van der Waals surface area (Å²) in [7, 11) is 0. The SMILES string of the molecule is O=c1c2cccc3c(Sc4ccccc4)ccc(c32)c2nc3ccccc3n12. The first-order chi connectivity index (χ1) is 13.8. The summed E-state index contributed by atoms with van der Waals surface area (Å²) >= 11 is 1.72. The van der Waals surface area contributed by atoms with Gasteiger partial charge in [0.25, 0.3) is 5.56 Å². The van der Waals surface area contributed by atoms with Gasteiger partial charge in [0.1, 0.15) is 5.65 Å². The van der Waals surface area contributed by atoms with Crippen LogP contribution >= 0.6 is 11.8 Å². The van der Waals surface area contributed by atoms with Gasteiger partial charge in [0.05, 0.1) is 11.0 Å². The molecule has 0 aliphatic heterocycles. The zero-order valence-corrected chi connectivity index (χ0v) is 15.6. The fraction of sp³-hybridized carbons (Fsp3) is 0. The Balaban J connectivity index is 1.75. The zero-order valence-electron chi connectivity index (χ0n) is 14.8. The smallest absolute Gasteiger partial charge is 0.264 e. The molecule has 0 amide bonds. The molecule has 6 aromatic rings. The van der Waals surface area contributed by atoms with Gasteiger partial charge >= 0.3 is 0 Å². The first-order valence-electron chi connectivity index (χ1n) is 9.12. The number of hydrogen-bond acceptors (Lipinski definition) is 3. The highest BCUT2D eigenvalue weighted by molar-refractivity contribution is 7.99. The first-order valence-corrected chi connectivity index (χ1v) is 9.94. The van der Waals surface area contributed by atoms with Crippen LogP contribution in [0.2, 0.25) is 0 Å². The molecule has 28 heavy (non-hydrogen) atoms. The third kappa shape index (κ3) is 2.12. The van der Waals surface area contributed by atoms with Crippen LogP contribution in [-0.2, 0) is 0 Å². The van der Waals surface area contributed by atoms with Gasteiger partial charge in [-0.15, -0.1) is 0 Å². The van der Waals surface area contributed by atoms with E-state index in [-0.39, 0.29) is 5.56 Å². The Bertz CT molecular complexity index is 1550. The van der Waals surface area contributed by atoms with Crippen molar-refractivity contribution in [1.82, 2.24) is 9.38 Å². The predicted molar refractivity (Wildman–Crippen MR) is 116 cm³/mol. The van der Waals surface area contributed by atoms with E-state index in [0.717, 1.165) is 43.1 Å². The van der Waals surface area contributed by atoms with Crippen molar-refractivity contribution in [2.24, 2.45) is 0 Å². The lowest BCUT2D eigenvalue weighted by Crippen LogP contribution is -2.13. The molecule has 0 atom stereocenters. The average Bonchev–Trinajstić information content (AvgIpc) is 3.13. The van der Waals surface area contributed by atoms with Gasteiger partial charge in [-0.25, -0.2) is 4.98 Å². The number of rotatable bonds is 2. The zero-order chi connectivity index (χ0) is 18.7. The number of para-hydroxylation sites is 2. The van der Waals surface area contributed by atoms with Crippen LogP contribution in [-0.4, -0.2) is 9.38 Å². The van der Waals surface area contributed by atoms with Crippen molar-refractivity contribution >= 4 is 50.0 Å². The minimum absolute atomic E-state index is 0.0105. The Morgan fingerprint density at radius 3 is 2.39 bits per heavy atom. The van der Waals surface area contributed by atoms with E-state index in [0.29, 0.717) is 0 Å². The summed E-state index contributed by atoms with van der Waals surface area (Å²) in [6, 6.07) is 28.3. The van der Waals surface area contributed by atoms with Gasteiger partial charge in [-0.05, 0) is 47.9 Å². The Labute approximate surface area is 164 Å². The molecule has 3 nitrogen and oxygen atoms in total. The molecular weight excluding hydrogens is 364 g/mol. The second kappa shape index (κ2) is 5.81. The highest BCUT2D eigenvalue weighted by Crippen LogP contribution is 2.38. The van der Waals surface area contributed by atoms with Crippen LogP contribution in [0, 0.1) is 0 Å². The van der Waals surface area contributed by atoms with E-state index in [4.69, 9.17) is 4.98 Å². The Morgan fingerprint density at radius 2 is 1.50 bits per heavy atom. The average molecular weight is 378 g/mol. The second-order valence-corrected chi connectivity index (χ2v) is 7.93. The van der Waals surface area contributed by atoms with E-state index in [1.54, 1.807) is 16.2 Å². The van der Waals surface area contributed by atoms with Gasteiger partial charge in [-0.1, -0.05) is 54.2 Å². The predicted octanol–water partition coefficient (Wildman–Crippen LogP) is 5.74. The second-order valence-electron chi connectivity index (χ2n) is 6.82. The maximum atomic E-state index is 13.4. The molecule has 0 unspecified atom stereocenters. The molecule has 0 fully saturated rings. The monoisotopic (exact) mass is 378 g/mol. The van der Waals surface area contributed by atoms with Gasteiger partial charge in [-0.3, -0.25) is 9.20 Å². The van der Waals surface area contributed by atoms with E-state index in [9.17, 15) is 4.79 Å². The van der Waals surface area contributed by atoms with Crippen molar-refractivity contribution < 1.29 is 0 Å². The van der Waals surface area contributed by atoms with Crippen molar-refractivity contribution in [3.8, 4) is 0 Å². The molecular formula is C24H14N2OS. The standard InChI is InChI=1S/C24H14N2OS/c27-24-18-10-6-9-16-21(28-15-7-2-1-3-8-15)14-13-17(22(16)18)23-25-19-11-4-5-12-20(19)26(23)24/h1-14H. The maximum absolute atomic E-state index is 13.4. The lowest BCUT2D eigenvalue weighted by atomic mass is 10.0. The summed E-state index contributed by atoms with van der Waals surface area (Å²) in [5, 5.41) is 3.84. The van der Waals surface area contributed by atoms with Gasteiger partial charge in [0, 0.05) is 25.9 Å². The molecule has 0 bridgehead atoms. The molecule has 0 saturated heterocycles. The Kier molecular flexibility index (Phi) is 3.25. The molecule has 4 aromatic carbocycles. The quantitative estimate of drug-likeness (QED) is 0.385. The number of hydrogen-bond donors (Lipinski definition) is 0. The molecule has 0 aliphatic rings. The molecule has 4 heteroatoms. The van der Waals surface area contributed by atoms with E-state index >= 15 is 0 Å². The number of fused-ring (bicyclic) bond motifs is 4. The maximum Gasteiger partial charge on any atom is 0.264 e. The summed E-state index contributed by atoms with van der Waals surface area (Å²) in [6.45, 7) is 0. The van der Waals surface area contributed by atoms with Crippen LogP contribution in [0.3, 0.4) is 0 Å². The summed E-state index contributed by atoms with van der Waals surface area (Å²) in [4.78, 5) is 20.5. The van der Waals surface area contributed by atoms with E-state index in [1.807, 2.05) is 54.6 Å². The Hall–Kier alpha value is -3.37. The molecule has 0 radical (unpaired) electrons. The van der Waals surface area contributed by atoms with Crippen molar-refractivity contribution in [2.75, 3.05) is 0 Å². The fourth-order valence-electron chi connectivity index (χ4n) is 3.98. The highest BCUT2D eigenvalue weighted by atomic mass is 32.2. The fourth-order valence-corrected chi connectivity index (χ4v) is 4.94. The summed E-state index contributed by atoms with van der Waals surface area (Å²) in [5.41, 5.74) is 2.41. The van der Waals surface area contributed by atoms with Crippen molar-refractivity contribution in [2.45, 2.75) is 9.79 Å². The summed E-state index contributed by atoms with van der Waals surface area (Å²) < 4.78 is 1.75. The molecule has 6 rings (SSSR count). The lowest BCUT2D eigenvalue weighted by molar-refractivity contribution is 1.19. The third-order valence-electron chi connectivity index (χ3n) is 5.21. The molecule has 2 aromatic heterocycles. The normalized spacial score (nSPS) is 11.9. The van der Waals surface area contributed by atoms with Gasteiger partial charge in [0.2, 0.25) is 0 Å². The van der Waals surface area contributed by atoms with Gasteiger partial charge in [0.15, 0.2) is 0 Å². The highest BCUT2D eigenvalue weighted by Gasteiger charge is 2.17. The Morgan fingerprint density at radius 1 is 0.714 bits per heavy atom. The minimum Gasteiger partial charge on any atom is -0.268 e. The number of imidazole rings is 1. The van der Waals surface area contributed by atoms with Gasteiger partial charge < -0.3 is 0 Å². The number of benzene rings is 4. The molecule has 0 N–H and O–H groups in total. The molecule has 2 heterocycles. The number of pyridine rings is 1. The summed E-state index contributed by atoms with van der Waals surface area (Å²) in [5.74, 6) is 0. The number of aromatic nitrogens is 2. The van der Waals surface area contributed by atoms with Crippen LogP contribution in [0.25, 0.3) is 38.2 Å². The number of nitrogens with zero attached hydrogens (tertiary/aromatic N) is 2. The summed E-state index contributed by atoms with van der Waals surface area (Å²) in [6.07, 6.45) is 0. The molecule has 132 valence electrons. The van der Waals surface area contributed by atoms with Crippen LogP contribution in [0.4, 0.5) is 0 Å². The van der Waals surface area contributed by atoms with Crippen LogP contribution < -0.4 is 5.56 Å². The van der Waals surface area contributed by atoms with E-state index < -0.39 is 0 Å². The van der Waals surface area contributed by atoms with Crippen LogP contribution in [0.1, 0.15) is 0 Å². The van der Waals surface area contributed by atoms with E-state index in [1.165, 1.54) is 4.90 Å². The van der Waals surface area contributed by atoms with Crippen LogP contribution in [0.5, 0.6) is 0 Å². The van der Waals surface area contributed by atoms with Crippen molar-refractivity contribution in [1.29, 1.82) is 0 Å². The third-order valence-corrected chi connectivity index (χ3v) is 6.29. The lowest BCUT2D eigenvalue weighted by Gasteiger charge is -2.11. The van der Waals surface area contributed by atoms with Crippen LogP contribution in [0.15, 0.2) is 99.5 Å². The van der Waals surface area contributed by atoms with Gasteiger partial charge in [-0.2, -0.15) is 0 Å². The van der Waals surface area contributed by atoms with Crippen molar-refractivity contribution in [3.05, 3.63) is 95.3 Å². The largest absolute Gasteiger partial charge is 0.268 e. The van der Waals surface area contributed by atoms with Crippen molar-refractivity contribution in [3.63, 3.8) is 0 Å².